The average molecular weight is 292 g/mol. The first-order valence-electron chi connectivity index (χ1n) is 7.57. The molecule has 22 heavy (non-hydrogen) atoms. The molecule has 0 heterocycles. The molecule has 0 aliphatic carbocycles. The van der Waals surface area contributed by atoms with E-state index in [0.29, 0.717) is 5.57 Å². The summed E-state index contributed by atoms with van der Waals surface area (Å²) in [5, 5.41) is 9.38. The van der Waals surface area contributed by atoms with Crippen molar-refractivity contribution in [2.45, 2.75) is 20.8 Å². The average Bonchev–Trinajstić information content (AvgIpc) is 2.55. The number of hydrogen-bond donors (Lipinski definition) is 0. The Morgan fingerprint density at radius 3 is 2.09 bits per heavy atom. The fourth-order valence-corrected chi connectivity index (χ4v) is 2.08. The van der Waals surface area contributed by atoms with Crippen molar-refractivity contribution in [2.24, 2.45) is 0 Å². The molecule has 0 aromatic heterocycles. The van der Waals surface area contributed by atoms with E-state index in [4.69, 9.17) is 0 Å². The van der Waals surface area contributed by atoms with Crippen LogP contribution in [0.1, 0.15) is 30.5 Å². The quantitative estimate of drug-likeness (QED) is 0.577. The van der Waals surface area contributed by atoms with E-state index in [0.717, 1.165) is 22.4 Å². The molecule has 0 atom stereocenters. The summed E-state index contributed by atoms with van der Waals surface area (Å²) in [5.41, 5.74) is 4.99. The second-order valence-corrected chi connectivity index (χ2v) is 4.97. The first-order chi connectivity index (χ1) is 10.6. The van der Waals surface area contributed by atoms with Crippen molar-refractivity contribution < 1.29 is 0 Å². The minimum absolute atomic E-state index is 0.695. The SMILES string of the molecule is CC.Cc1ccccc1/C(C#N)=C/c1ccc(N(C)C)cc1. The number of benzene rings is 2. The Bertz CT molecular complexity index is 659. The van der Waals surface area contributed by atoms with Crippen molar-refractivity contribution >= 4 is 17.3 Å². The van der Waals surface area contributed by atoms with E-state index in [1.165, 1.54) is 0 Å². The van der Waals surface area contributed by atoms with Gasteiger partial charge in [-0.2, -0.15) is 5.26 Å². The number of nitrogens with zero attached hydrogens (tertiary/aromatic N) is 2. The zero-order chi connectivity index (χ0) is 16.5. The molecular formula is C20H24N2. The number of rotatable bonds is 3. The molecular weight excluding hydrogens is 268 g/mol. The lowest BCUT2D eigenvalue weighted by atomic mass is 9.99. The van der Waals surface area contributed by atoms with Gasteiger partial charge in [-0.05, 0) is 41.8 Å². The largest absolute Gasteiger partial charge is 0.378 e. The van der Waals surface area contributed by atoms with Gasteiger partial charge in [-0.3, -0.25) is 0 Å². The van der Waals surface area contributed by atoms with E-state index in [1.807, 2.05) is 77.3 Å². The lowest BCUT2D eigenvalue weighted by Gasteiger charge is -2.12. The summed E-state index contributed by atoms with van der Waals surface area (Å²) in [5.74, 6) is 0. The number of nitriles is 1. The van der Waals surface area contributed by atoms with Crippen LogP contribution in [-0.2, 0) is 0 Å². The summed E-state index contributed by atoms with van der Waals surface area (Å²) in [6.07, 6.45) is 1.93. The number of aryl methyl sites for hydroxylation is 1. The highest BCUT2D eigenvalue weighted by atomic mass is 15.1. The van der Waals surface area contributed by atoms with Crippen molar-refractivity contribution in [2.75, 3.05) is 19.0 Å². The lowest BCUT2D eigenvalue weighted by molar-refractivity contribution is 1.13. The Morgan fingerprint density at radius 2 is 1.59 bits per heavy atom. The fourth-order valence-electron chi connectivity index (χ4n) is 2.08. The highest BCUT2D eigenvalue weighted by molar-refractivity contribution is 5.90. The molecule has 0 radical (unpaired) electrons. The molecule has 0 spiro atoms. The number of hydrogen-bond acceptors (Lipinski definition) is 2. The first kappa shape index (κ1) is 17.5. The van der Waals surface area contributed by atoms with Gasteiger partial charge in [0.1, 0.15) is 0 Å². The molecule has 0 unspecified atom stereocenters. The fraction of sp³-hybridized carbons (Fsp3) is 0.250. The van der Waals surface area contributed by atoms with Crippen LogP contribution >= 0.6 is 0 Å². The molecule has 2 aromatic rings. The Kier molecular flexibility index (Phi) is 6.92. The summed E-state index contributed by atoms with van der Waals surface area (Å²) in [4.78, 5) is 2.06. The van der Waals surface area contributed by atoms with Crippen LogP contribution in [-0.4, -0.2) is 14.1 Å². The molecule has 0 bridgehead atoms. The Labute approximate surface area is 134 Å². The third-order valence-electron chi connectivity index (χ3n) is 3.28. The summed E-state index contributed by atoms with van der Waals surface area (Å²) in [6, 6.07) is 18.4. The maximum absolute atomic E-state index is 9.38. The molecule has 114 valence electrons. The van der Waals surface area contributed by atoms with Crippen LogP contribution in [0.3, 0.4) is 0 Å². The van der Waals surface area contributed by atoms with E-state index in [1.54, 1.807) is 0 Å². The van der Waals surface area contributed by atoms with Gasteiger partial charge in [0.2, 0.25) is 0 Å². The number of anilines is 1. The summed E-state index contributed by atoms with van der Waals surface area (Å²) in [6.45, 7) is 6.02. The molecule has 2 nitrogen and oxygen atoms in total. The minimum atomic E-state index is 0.695. The first-order valence-corrected chi connectivity index (χ1v) is 7.57. The van der Waals surface area contributed by atoms with E-state index < -0.39 is 0 Å². The van der Waals surface area contributed by atoms with Gasteiger partial charge in [0.15, 0.2) is 0 Å². The smallest absolute Gasteiger partial charge is 0.0998 e. The molecule has 0 amide bonds. The zero-order valence-corrected chi connectivity index (χ0v) is 14.1. The lowest BCUT2D eigenvalue weighted by Crippen LogP contribution is -2.07. The summed E-state index contributed by atoms with van der Waals surface area (Å²) >= 11 is 0. The van der Waals surface area contributed by atoms with Gasteiger partial charge in [0, 0.05) is 19.8 Å². The molecule has 0 aliphatic rings. The highest BCUT2D eigenvalue weighted by Crippen LogP contribution is 2.22. The van der Waals surface area contributed by atoms with Crippen LogP contribution in [0.5, 0.6) is 0 Å². The molecule has 0 N–H and O–H groups in total. The van der Waals surface area contributed by atoms with Crippen molar-refractivity contribution in [1.29, 1.82) is 5.26 Å². The summed E-state index contributed by atoms with van der Waals surface area (Å²) in [7, 11) is 4.03. The third kappa shape index (κ3) is 4.49. The highest BCUT2D eigenvalue weighted by Gasteiger charge is 2.04. The molecule has 0 saturated heterocycles. The van der Waals surface area contributed by atoms with Crippen molar-refractivity contribution in [1.82, 2.24) is 0 Å². The second kappa shape index (κ2) is 8.69. The molecule has 2 aromatic carbocycles. The minimum Gasteiger partial charge on any atom is -0.378 e. The zero-order valence-electron chi connectivity index (χ0n) is 14.1. The van der Waals surface area contributed by atoms with Gasteiger partial charge >= 0.3 is 0 Å². The van der Waals surface area contributed by atoms with Crippen LogP contribution < -0.4 is 4.90 Å². The van der Waals surface area contributed by atoms with Crippen LogP contribution in [0.2, 0.25) is 0 Å². The topological polar surface area (TPSA) is 27.0 Å². The Hall–Kier alpha value is -2.53. The van der Waals surface area contributed by atoms with Gasteiger partial charge < -0.3 is 4.90 Å². The normalized spacial score (nSPS) is 10.3. The second-order valence-electron chi connectivity index (χ2n) is 4.97. The van der Waals surface area contributed by atoms with E-state index in [2.05, 4.69) is 23.1 Å². The van der Waals surface area contributed by atoms with Crippen LogP contribution in [0.25, 0.3) is 11.6 Å². The van der Waals surface area contributed by atoms with E-state index in [-0.39, 0.29) is 0 Å². The van der Waals surface area contributed by atoms with Gasteiger partial charge in [0.05, 0.1) is 11.6 Å². The van der Waals surface area contributed by atoms with Crippen molar-refractivity contribution in [3.63, 3.8) is 0 Å². The molecule has 2 heteroatoms. The third-order valence-corrected chi connectivity index (χ3v) is 3.28. The van der Waals surface area contributed by atoms with E-state index >= 15 is 0 Å². The van der Waals surface area contributed by atoms with Crippen LogP contribution in [0.15, 0.2) is 48.5 Å². The van der Waals surface area contributed by atoms with Crippen molar-refractivity contribution in [3.05, 3.63) is 65.2 Å². The molecule has 0 saturated carbocycles. The van der Waals surface area contributed by atoms with Gasteiger partial charge in [-0.15, -0.1) is 0 Å². The summed E-state index contributed by atoms with van der Waals surface area (Å²) < 4.78 is 0. The monoisotopic (exact) mass is 292 g/mol. The van der Waals surface area contributed by atoms with Gasteiger partial charge in [-0.1, -0.05) is 50.2 Å². The van der Waals surface area contributed by atoms with Crippen LogP contribution in [0, 0.1) is 18.3 Å². The van der Waals surface area contributed by atoms with Gasteiger partial charge in [0.25, 0.3) is 0 Å². The Balaban J connectivity index is 0.00000116. The maximum atomic E-state index is 9.38. The number of allylic oxidation sites excluding steroid dienone is 1. The van der Waals surface area contributed by atoms with Gasteiger partial charge in [-0.25, -0.2) is 0 Å². The maximum Gasteiger partial charge on any atom is 0.0998 e. The molecule has 0 fully saturated rings. The standard InChI is InChI=1S/C18H18N2.C2H6/c1-14-6-4-5-7-18(14)16(13-19)12-15-8-10-17(11-9-15)20(2)3;1-2/h4-12H,1-3H3;1-2H3/b16-12+;. The van der Waals surface area contributed by atoms with Crippen molar-refractivity contribution in [3.8, 4) is 6.07 Å². The van der Waals surface area contributed by atoms with Crippen LogP contribution in [0.4, 0.5) is 5.69 Å². The molecule has 2 rings (SSSR count). The predicted octanol–water partition coefficient (Wildman–Crippen LogP) is 5.15. The van der Waals surface area contributed by atoms with E-state index in [9.17, 15) is 5.26 Å². The molecule has 0 aliphatic heterocycles. The predicted molar refractivity (Wildman–Crippen MR) is 96.8 cm³/mol. The Morgan fingerprint density at radius 1 is 1.00 bits per heavy atom.